The Hall–Kier alpha value is -2.35. The number of carboxylic acid groups (broad SMARTS) is 1. The van der Waals surface area contributed by atoms with Gasteiger partial charge in [-0.3, -0.25) is 14.5 Å². The molecule has 8 heteroatoms. The Balaban J connectivity index is 1.59. The molecule has 0 radical (unpaired) electrons. The lowest BCUT2D eigenvalue weighted by Gasteiger charge is -2.38. The van der Waals surface area contributed by atoms with Crippen LogP contribution >= 0.6 is 0 Å². The molecule has 0 aliphatic carbocycles. The van der Waals surface area contributed by atoms with E-state index >= 15 is 0 Å². The summed E-state index contributed by atoms with van der Waals surface area (Å²) in [7, 11) is 1.56. The summed E-state index contributed by atoms with van der Waals surface area (Å²) >= 11 is 0. The molecule has 2 amide bonds. The third kappa shape index (κ3) is 3.60. The molecule has 0 saturated carbocycles. The molecule has 2 aliphatic rings. The van der Waals surface area contributed by atoms with Crippen LogP contribution in [0.4, 0.5) is 0 Å². The molecule has 2 N–H and O–H groups in total. The molecular weight excluding hydrogens is 338 g/mol. The molecule has 3 heterocycles. The molecule has 0 unspecified atom stereocenters. The number of nitrogens with one attached hydrogen (secondary N) is 1. The van der Waals surface area contributed by atoms with Crippen LogP contribution in [-0.2, 0) is 16.1 Å². The lowest BCUT2D eigenvalue weighted by molar-refractivity contribution is -0.147. The first-order valence-electron chi connectivity index (χ1n) is 8.87. The van der Waals surface area contributed by atoms with Crippen LogP contribution in [0.3, 0.4) is 0 Å². The van der Waals surface area contributed by atoms with Crippen LogP contribution in [0.2, 0.25) is 0 Å². The smallest absolute Gasteiger partial charge is 0.326 e. The number of hydrogen-bond donors (Lipinski definition) is 2. The minimum Gasteiger partial charge on any atom is -0.480 e. The van der Waals surface area contributed by atoms with Crippen molar-refractivity contribution in [2.24, 2.45) is 5.41 Å². The standard InChI is InChI=1S/C18H25N3O5/c1-12(22)21-11-18(9-14(21)17(24)25)5-7-20(8-6-18)10-13-3-4-15(26-13)16(23)19-2/h3-4,14H,5-11H2,1-2H3,(H,19,23)(H,24,25)/t14-/m0/s1. The molecule has 2 aliphatic heterocycles. The number of rotatable bonds is 4. The maximum absolute atomic E-state index is 11.8. The molecule has 2 saturated heterocycles. The van der Waals surface area contributed by atoms with Crippen LogP contribution in [0.15, 0.2) is 16.5 Å². The zero-order valence-corrected chi connectivity index (χ0v) is 15.2. The summed E-state index contributed by atoms with van der Waals surface area (Å²) in [5, 5.41) is 11.9. The molecular formula is C18H25N3O5. The van der Waals surface area contributed by atoms with Crippen molar-refractivity contribution in [2.45, 2.75) is 38.8 Å². The van der Waals surface area contributed by atoms with E-state index in [1.54, 1.807) is 13.1 Å². The van der Waals surface area contributed by atoms with Crippen molar-refractivity contribution in [3.8, 4) is 0 Å². The largest absolute Gasteiger partial charge is 0.480 e. The molecule has 1 aromatic rings. The molecule has 1 spiro atoms. The lowest BCUT2D eigenvalue weighted by atomic mass is 9.76. The highest BCUT2D eigenvalue weighted by Crippen LogP contribution is 2.43. The van der Waals surface area contributed by atoms with E-state index in [4.69, 9.17) is 4.42 Å². The summed E-state index contributed by atoms with van der Waals surface area (Å²) in [6, 6.07) is 2.76. The van der Waals surface area contributed by atoms with Crippen molar-refractivity contribution in [2.75, 3.05) is 26.7 Å². The molecule has 26 heavy (non-hydrogen) atoms. The Bertz CT molecular complexity index is 681. The summed E-state index contributed by atoms with van der Waals surface area (Å²) in [6.07, 6.45) is 2.23. The average Bonchev–Trinajstić information content (AvgIpc) is 3.22. The highest BCUT2D eigenvalue weighted by Gasteiger charge is 2.49. The highest BCUT2D eigenvalue weighted by atomic mass is 16.4. The number of furan rings is 1. The second kappa shape index (κ2) is 7.11. The molecule has 2 fully saturated rings. The van der Waals surface area contributed by atoms with E-state index in [2.05, 4.69) is 10.2 Å². The molecule has 142 valence electrons. The van der Waals surface area contributed by atoms with Gasteiger partial charge in [-0.25, -0.2) is 4.79 Å². The van der Waals surface area contributed by atoms with Crippen LogP contribution < -0.4 is 5.32 Å². The predicted octanol–water partition coefficient (Wildman–Crippen LogP) is 0.927. The minimum atomic E-state index is -0.920. The second-order valence-corrected chi connectivity index (χ2v) is 7.33. The summed E-state index contributed by atoms with van der Waals surface area (Å²) in [4.78, 5) is 38.6. The molecule has 8 nitrogen and oxygen atoms in total. The average molecular weight is 363 g/mol. The fourth-order valence-electron chi connectivity index (χ4n) is 4.08. The third-order valence-electron chi connectivity index (χ3n) is 5.61. The van der Waals surface area contributed by atoms with E-state index < -0.39 is 12.0 Å². The Labute approximate surface area is 152 Å². The van der Waals surface area contributed by atoms with Crippen molar-refractivity contribution in [1.29, 1.82) is 0 Å². The van der Waals surface area contributed by atoms with Crippen LogP contribution in [-0.4, -0.2) is 65.4 Å². The Morgan fingerprint density at radius 2 is 2.00 bits per heavy atom. The Morgan fingerprint density at radius 1 is 1.31 bits per heavy atom. The van der Waals surface area contributed by atoms with Crippen molar-refractivity contribution in [1.82, 2.24) is 15.1 Å². The minimum absolute atomic E-state index is 0.109. The summed E-state index contributed by atoms with van der Waals surface area (Å²) in [6.45, 7) is 4.20. The number of aliphatic carboxylic acids is 1. The van der Waals surface area contributed by atoms with Gasteiger partial charge in [0.15, 0.2) is 5.76 Å². The van der Waals surface area contributed by atoms with E-state index in [0.29, 0.717) is 25.3 Å². The number of nitrogens with zero attached hydrogens (tertiary/aromatic N) is 2. The van der Waals surface area contributed by atoms with Gasteiger partial charge in [0.1, 0.15) is 11.8 Å². The first kappa shape index (κ1) is 18.4. The van der Waals surface area contributed by atoms with Crippen molar-refractivity contribution >= 4 is 17.8 Å². The van der Waals surface area contributed by atoms with Gasteiger partial charge in [-0.05, 0) is 49.9 Å². The topological polar surface area (TPSA) is 103 Å². The Kier molecular flexibility index (Phi) is 5.04. The summed E-state index contributed by atoms with van der Waals surface area (Å²) in [5.41, 5.74) is -0.109. The third-order valence-corrected chi connectivity index (χ3v) is 5.61. The summed E-state index contributed by atoms with van der Waals surface area (Å²) < 4.78 is 5.57. The molecule has 0 bridgehead atoms. The van der Waals surface area contributed by atoms with Gasteiger partial charge in [0.05, 0.1) is 6.54 Å². The van der Waals surface area contributed by atoms with Gasteiger partial charge in [0.2, 0.25) is 5.91 Å². The molecule has 1 aromatic heterocycles. The number of carbonyl (C=O) groups is 3. The Morgan fingerprint density at radius 3 is 2.54 bits per heavy atom. The van der Waals surface area contributed by atoms with Gasteiger partial charge in [0.25, 0.3) is 5.91 Å². The van der Waals surface area contributed by atoms with Crippen LogP contribution in [0.5, 0.6) is 0 Å². The number of likely N-dealkylation sites (tertiary alicyclic amines) is 2. The van der Waals surface area contributed by atoms with Crippen molar-refractivity contribution in [3.63, 3.8) is 0 Å². The van der Waals surface area contributed by atoms with Gasteiger partial charge in [0, 0.05) is 20.5 Å². The van der Waals surface area contributed by atoms with Gasteiger partial charge in [-0.2, -0.15) is 0 Å². The van der Waals surface area contributed by atoms with E-state index in [0.717, 1.165) is 31.7 Å². The van der Waals surface area contributed by atoms with Crippen LogP contribution in [0, 0.1) is 5.41 Å². The lowest BCUT2D eigenvalue weighted by Crippen LogP contribution is -2.42. The number of amides is 2. The zero-order valence-electron chi connectivity index (χ0n) is 15.2. The maximum atomic E-state index is 11.8. The van der Waals surface area contributed by atoms with Gasteiger partial charge < -0.3 is 19.7 Å². The zero-order chi connectivity index (χ0) is 18.9. The molecule has 3 rings (SSSR count). The summed E-state index contributed by atoms with van der Waals surface area (Å²) in [5.74, 6) is -0.303. The number of hydrogen-bond acceptors (Lipinski definition) is 5. The van der Waals surface area contributed by atoms with Crippen LogP contribution in [0.1, 0.15) is 42.5 Å². The quantitative estimate of drug-likeness (QED) is 0.825. The van der Waals surface area contributed by atoms with Gasteiger partial charge in [-0.1, -0.05) is 0 Å². The van der Waals surface area contributed by atoms with E-state index in [9.17, 15) is 19.5 Å². The first-order chi connectivity index (χ1) is 12.3. The molecule has 1 atom stereocenters. The van der Waals surface area contributed by atoms with E-state index in [1.165, 1.54) is 11.8 Å². The fourth-order valence-corrected chi connectivity index (χ4v) is 4.08. The maximum Gasteiger partial charge on any atom is 0.326 e. The fraction of sp³-hybridized carbons (Fsp3) is 0.611. The number of carboxylic acids is 1. The molecule has 0 aromatic carbocycles. The van der Waals surface area contributed by atoms with Crippen molar-refractivity contribution < 1.29 is 23.9 Å². The second-order valence-electron chi connectivity index (χ2n) is 7.33. The first-order valence-corrected chi connectivity index (χ1v) is 8.87. The van der Waals surface area contributed by atoms with Crippen molar-refractivity contribution in [3.05, 3.63) is 23.7 Å². The number of piperidine rings is 1. The predicted molar refractivity (Wildman–Crippen MR) is 92.5 cm³/mol. The van der Waals surface area contributed by atoms with Gasteiger partial charge in [-0.15, -0.1) is 0 Å². The number of carbonyl (C=O) groups excluding carboxylic acids is 2. The normalized spacial score (nSPS) is 22.5. The SMILES string of the molecule is CNC(=O)c1ccc(CN2CCC3(CC2)C[C@@H](C(=O)O)N(C(C)=O)C3)o1. The van der Waals surface area contributed by atoms with E-state index in [1.807, 2.05) is 6.07 Å². The van der Waals surface area contributed by atoms with Crippen LogP contribution in [0.25, 0.3) is 0 Å². The monoisotopic (exact) mass is 363 g/mol. The van der Waals surface area contributed by atoms with E-state index in [-0.39, 0.29) is 17.2 Å². The van der Waals surface area contributed by atoms with Gasteiger partial charge >= 0.3 is 5.97 Å². The highest BCUT2D eigenvalue weighted by molar-refractivity contribution is 5.91.